The topological polar surface area (TPSA) is 79.9 Å². The lowest BCUT2D eigenvalue weighted by Gasteiger charge is -2.11. The van der Waals surface area contributed by atoms with E-state index in [0.717, 1.165) is 17.9 Å². The number of nitrogens with zero attached hydrogens (tertiary/aromatic N) is 1. The maximum Gasteiger partial charge on any atom is 0.170 e. The molecule has 1 aromatic carbocycles. The van der Waals surface area contributed by atoms with Crippen molar-refractivity contribution in [3.05, 3.63) is 29.3 Å². The Hall–Kier alpha value is -1.40. The third-order valence-electron chi connectivity index (χ3n) is 3.20. The minimum absolute atomic E-state index is 0.107. The lowest BCUT2D eigenvalue weighted by atomic mass is 10.1. The van der Waals surface area contributed by atoms with Crippen LogP contribution in [-0.2, 0) is 6.54 Å². The number of oxime groups is 1. The molecule has 0 heterocycles. The van der Waals surface area contributed by atoms with Gasteiger partial charge in [0.15, 0.2) is 5.84 Å². The number of thioether (sulfide) groups is 1. The summed E-state index contributed by atoms with van der Waals surface area (Å²) in [7, 11) is 1.64. The van der Waals surface area contributed by atoms with Gasteiger partial charge in [0.25, 0.3) is 0 Å². The molecule has 0 aliphatic rings. The number of nitrogens with one attached hydrogen (secondary N) is 1. The first-order chi connectivity index (χ1) is 10.2. The van der Waals surface area contributed by atoms with Crippen molar-refractivity contribution >= 4 is 17.6 Å². The second-order valence-electron chi connectivity index (χ2n) is 4.74. The summed E-state index contributed by atoms with van der Waals surface area (Å²) < 4.78 is 5.34. The fourth-order valence-corrected chi connectivity index (χ4v) is 2.52. The summed E-state index contributed by atoms with van der Waals surface area (Å²) in [6, 6.07) is 5.50. The van der Waals surface area contributed by atoms with E-state index in [1.54, 1.807) is 13.2 Å². The molecule has 0 fully saturated rings. The van der Waals surface area contributed by atoms with Crippen molar-refractivity contribution in [2.75, 3.05) is 25.7 Å². The van der Waals surface area contributed by atoms with Crippen molar-refractivity contribution in [2.45, 2.75) is 25.8 Å². The van der Waals surface area contributed by atoms with Gasteiger partial charge in [-0.05, 0) is 49.6 Å². The molecule has 0 radical (unpaired) electrons. The van der Waals surface area contributed by atoms with Crippen molar-refractivity contribution in [3.63, 3.8) is 0 Å². The van der Waals surface area contributed by atoms with E-state index in [2.05, 4.69) is 16.7 Å². The molecule has 0 amide bonds. The van der Waals surface area contributed by atoms with Gasteiger partial charge in [-0.15, -0.1) is 0 Å². The second-order valence-corrected chi connectivity index (χ2v) is 5.73. The first-order valence-electron chi connectivity index (χ1n) is 7.07. The highest BCUT2D eigenvalue weighted by atomic mass is 32.2. The SMILES string of the molecule is COc1ccc(/C(N)=N/O)cc1CNCCCCCSC. The molecule has 1 aromatic rings. The third-order valence-corrected chi connectivity index (χ3v) is 3.90. The van der Waals surface area contributed by atoms with E-state index >= 15 is 0 Å². The fourth-order valence-electron chi connectivity index (χ4n) is 2.03. The lowest BCUT2D eigenvalue weighted by Crippen LogP contribution is -2.17. The number of hydrogen-bond donors (Lipinski definition) is 3. The summed E-state index contributed by atoms with van der Waals surface area (Å²) in [4.78, 5) is 0. The van der Waals surface area contributed by atoms with Crippen LogP contribution in [0.4, 0.5) is 0 Å². The van der Waals surface area contributed by atoms with Gasteiger partial charge in [0, 0.05) is 17.7 Å². The quantitative estimate of drug-likeness (QED) is 0.203. The molecule has 4 N–H and O–H groups in total. The van der Waals surface area contributed by atoms with Crippen LogP contribution in [0.2, 0.25) is 0 Å². The third kappa shape index (κ3) is 6.27. The predicted molar refractivity (Wildman–Crippen MR) is 89.4 cm³/mol. The summed E-state index contributed by atoms with van der Waals surface area (Å²) in [5.74, 6) is 2.14. The summed E-state index contributed by atoms with van der Waals surface area (Å²) >= 11 is 1.89. The number of benzene rings is 1. The Morgan fingerprint density at radius 3 is 2.86 bits per heavy atom. The van der Waals surface area contributed by atoms with Crippen molar-refractivity contribution in [1.29, 1.82) is 0 Å². The molecule has 0 atom stereocenters. The normalized spacial score (nSPS) is 11.6. The number of hydrogen-bond acceptors (Lipinski definition) is 5. The zero-order chi connectivity index (χ0) is 15.5. The van der Waals surface area contributed by atoms with E-state index in [0.29, 0.717) is 12.1 Å². The minimum Gasteiger partial charge on any atom is -0.496 e. The van der Waals surface area contributed by atoms with Gasteiger partial charge >= 0.3 is 0 Å². The molecule has 0 saturated carbocycles. The number of unbranched alkanes of at least 4 members (excludes halogenated alkanes) is 2. The minimum atomic E-state index is 0.107. The highest BCUT2D eigenvalue weighted by molar-refractivity contribution is 7.98. The van der Waals surface area contributed by atoms with Crippen LogP contribution in [0.1, 0.15) is 30.4 Å². The summed E-state index contributed by atoms with van der Waals surface area (Å²) in [5.41, 5.74) is 7.31. The number of amidine groups is 1. The van der Waals surface area contributed by atoms with Gasteiger partial charge in [0.2, 0.25) is 0 Å². The second kappa shape index (κ2) is 10.3. The van der Waals surface area contributed by atoms with Gasteiger partial charge in [0.1, 0.15) is 5.75 Å². The summed E-state index contributed by atoms with van der Waals surface area (Å²) in [6.45, 7) is 1.68. The first-order valence-corrected chi connectivity index (χ1v) is 8.46. The van der Waals surface area contributed by atoms with E-state index in [1.165, 1.54) is 25.0 Å². The van der Waals surface area contributed by atoms with Crippen molar-refractivity contribution in [3.8, 4) is 5.75 Å². The fraction of sp³-hybridized carbons (Fsp3) is 0.533. The van der Waals surface area contributed by atoms with Gasteiger partial charge in [-0.25, -0.2) is 0 Å². The summed E-state index contributed by atoms with van der Waals surface area (Å²) in [6.07, 6.45) is 5.82. The molecule has 5 nitrogen and oxygen atoms in total. The standard InChI is InChI=1S/C15H25N3O2S/c1-20-14-7-6-12(15(16)18-19)10-13(14)11-17-8-4-3-5-9-21-2/h6-7,10,17,19H,3-5,8-9,11H2,1-2H3,(H2,16,18). The van der Waals surface area contributed by atoms with Crippen molar-refractivity contribution in [1.82, 2.24) is 5.32 Å². The van der Waals surface area contributed by atoms with Crippen LogP contribution in [0.15, 0.2) is 23.4 Å². The molecule has 0 aliphatic carbocycles. The Labute approximate surface area is 130 Å². The molecule has 0 spiro atoms. The zero-order valence-corrected chi connectivity index (χ0v) is 13.6. The molecule has 21 heavy (non-hydrogen) atoms. The van der Waals surface area contributed by atoms with E-state index in [9.17, 15) is 0 Å². The van der Waals surface area contributed by atoms with Crippen LogP contribution >= 0.6 is 11.8 Å². The van der Waals surface area contributed by atoms with E-state index < -0.39 is 0 Å². The van der Waals surface area contributed by atoms with Gasteiger partial charge in [0.05, 0.1) is 7.11 Å². The molecule has 118 valence electrons. The van der Waals surface area contributed by atoms with Crippen LogP contribution in [-0.4, -0.2) is 36.7 Å². The highest BCUT2D eigenvalue weighted by Crippen LogP contribution is 2.19. The molecule has 0 unspecified atom stereocenters. The highest BCUT2D eigenvalue weighted by Gasteiger charge is 2.07. The van der Waals surface area contributed by atoms with Crippen LogP contribution in [0.3, 0.4) is 0 Å². The maximum absolute atomic E-state index is 8.74. The van der Waals surface area contributed by atoms with Gasteiger partial charge in [-0.1, -0.05) is 11.6 Å². The number of rotatable bonds is 10. The predicted octanol–water partition coefficient (Wildman–Crippen LogP) is 2.41. The molecule has 1 rings (SSSR count). The molecule has 0 aromatic heterocycles. The van der Waals surface area contributed by atoms with Crippen LogP contribution in [0.25, 0.3) is 0 Å². The van der Waals surface area contributed by atoms with Gasteiger partial charge in [-0.2, -0.15) is 11.8 Å². The Kier molecular flexibility index (Phi) is 8.69. The average molecular weight is 311 g/mol. The van der Waals surface area contributed by atoms with Crippen LogP contribution in [0.5, 0.6) is 5.75 Å². The Morgan fingerprint density at radius 1 is 1.38 bits per heavy atom. The largest absolute Gasteiger partial charge is 0.496 e. The smallest absolute Gasteiger partial charge is 0.170 e. The number of methoxy groups -OCH3 is 1. The van der Waals surface area contributed by atoms with Crippen molar-refractivity contribution < 1.29 is 9.94 Å². The Morgan fingerprint density at radius 2 is 2.19 bits per heavy atom. The Bertz CT molecular complexity index is 453. The zero-order valence-electron chi connectivity index (χ0n) is 12.8. The number of nitrogens with two attached hydrogens (primary N) is 1. The van der Waals surface area contributed by atoms with Gasteiger partial charge in [-0.3, -0.25) is 0 Å². The monoisotopic (exact) mass is 311 g/mol. The number of ether oxygens (including phenoxy) is 1. The van der Waals surface area contributed by atoms with Crippen molar-refractivity contribution in [2.24, 2.45) is 10.9 Å². The molecular formula is C15H25N3O2S. The van der Waals surface area contributed by atoms with E-state index in [4.69, 9.17) is 15.7 Å². The molecular weight excluding hydrogens is 286 g/mol. The van der Waals surface area contributed by atoms with Gasteiger partial charge < -0.3 is 21.0 Å². The molecule has 0 aliphatic heterocycles. The molecule has 0 saturated heterocycles. The average Bonchev–Trinajstić information content (AvgIpc) is 2.53. The summed E-state index contributed by atoms with van der Waals surface area (Å²) in [5, 5.41) is 15.2. The van der Waals surface area contributed by atoms with E-state index in [-0.39, 0.29) is 5.84 Å². The first kappa shape index (κ1) is 17.7. The maximum atomic E-state index is 8.74. The van der Waals surface area contributed by atoms with Crippen LogP contribution in [0, 0.1) is 0 Å². The van der Waals surface area contributed by atoms with Crippen LogP contribution < -0.4 is 15.8 Å². The molecule has 0 bridgehead atoms. The molecule has 6 heteroatoms. The Balaban J connectivity index is 2.49. The lowest BCUT2D eigenvalue weighted by molar-refractivity contribution is 0.318. The van der Waals surface area contributed by atoms with E-state index in [1.807, 2.05) is 23.9 Å².